The molecule has 1 fully saturated rings. The Morgan fingerprint density at radius 1 is 1.27 bits per heavy atom. The van der Waals surface area contributed by atoms with Crippen LogP contribution in [0.15, 0.2) is 30.3 Å². The average molecular weight is 348 g/mol. The molecule has 1 aromatic rings. The molecule has 22 heavy (non-hydrogen) atoms. The molecule has 0 saturated heterocycles. The van der Waals surface area contributed by atoms with Crippen molar-refractivity contribution in [1.82, 2.24) is 10.2 Å². The lowest BCUT2D eigenvalue weighted by molar-refractivity contribution is -0.125. The topological polar surface area (TPSA) is 58.4 Å². The number of hydrogen-bond acceptors (Lipinski definition) is 3. The van der Waals surface area contributed by atoms with Crippen molar-refractivity contribution in [2.24, 2.45) is 11.7 Å². The van der Waals surface area contributed by atoms with Crippen LogP contribution in [0.25, 0.3) is 0 Å². The highest BCUT2D eigenvalue weighted by molar-refractivity contribution is 5.85. The molecule has 0 heterocycles. The Bertz CT molecular complexity index is 442. The van der Waals surface area contributed by atoms with Crippen LogP contribution in [0.5, 0.6) is 0 Å². The average Bonchev–Trinajstić information content (AvgIpc) is 2.86. The van der Waals surface area contributed by atoms with Crippen LogP contribution < -0.4 is 11.1 Å². The number of nitrogens with two attached hydrogens (primary N) is 1. The van der Waals surface area contributed by atoms with Gasteiger partial charge in [0.05, 0.1) is 6.04 Å². The van der Waals surface area contributed by atoms with Crippen LogP contribution in [0.2, 0.25) is 0 Å². The van der Waals surface area contributed by atoms with Crippen LogP contribution >= 0.6 is 24.8 Å². The quantitative estimate of drug-likeness (QED) is 0.859. The Morgan fingerprint density at radius 3 is 2.41 bits per heavy atom. The van der Waals surface area contributed by atoms with Crippen molar-refractivity contribution in [2.45, 2.75) is 31.3 Å². The van der Waals surface area contributed by atoms with E-state index in [2.05, 4.69) is 22.3 Å². The second kappa shape index (κ2) is 10.1. The zero-order chi connectivity index (χ0) is 14.5. The summed E-state index contributed by atoms with van der Waals surface area (Å²) in [6.45, 7) is 0.640. The summed E-state index contributed by atoms with van der Waals surface area (Å²) in [6.07, 6.45) is 2.71. The molecule has 3 N–H and O–H groups in total. The van der Waals surface area contributed by atoms with Gasteiger partial charge >= 0.3 is 0 Å². The number of nitrogens with zero attached hydrogens (tertiary/aromatic N) is 1. The first-order valence-corrected chi connectivity index (χ1v) is 7.32. The Kier molecular flexibility index (Phi) is 9.69. The fourth-order valence-electron chi connectivity index (χ4n) is 2.87. The van der Waals surface area contributed by atoms with Gasteiger partial charge in [0.2, 0.25) is 5.91 Å². The lowest BCUT2D eigenvalue weighted by Gasteiger charge is -2.25. The first-order chi connectivity index (χ1) is 9.58. The van der Waals surface area contributed by atoms with E-state index in [0.717, 1.165) is 19.3 Å². The fraction of sp³-hybridized carbons (Fsp3) is 0.562. The summed E-state index contributed by atoms with van der Waals surface area (Å²) in [5, 5.41) is 3.09. The lowest BCUT2D eigenvalue weighted by Crippen LogP contribution is -2.37. The maximum Gasteiger partial charge on any atom is 0.223 e. The Balaban J connectivity index is 0.00000220. The van der Waals surface area contributed by atoms with Gasteiger partial charge in [0.25, 0.3) is 0 Å². The molecule has 0 aromatic heterocycles. The van der Waals surface area contributed by atoms with Crippen LogP contribution in [0.4, 0.5) is 0 Å². The number of likely N-dealkylation sites (N-methyl/N-ethyl adjacent to an activating group) is 1. The van der Waals surface area contributed by atoms with Gasteiger partial charge in [-0.1, -0.05) is 30.3 Å². The molecule has 1 aromatic carbocycles. The zero-order valence-corrected chi connectivity index (χ0v) is 14.8. The number of carbonyl (C=O) groups excluding carboxylic acids is 1. The van der Waals surface area contributed by atoms with E-state index < -0.39 is 0 Å². The van der Waals surface area contributed by atoms with Gasteiger partial charge < -0.3 is 16.0 Å². The third-order valence-corrected chi connectivity index (χ3v) is 4.12. The van der Waals surface area contributed by atoms with Crippen LogP contribution in [0, 0.1) is 5.92 Å². The predicted octanol–water partition coefficient (Wildman–Crippen LogP) is 2.38. The minimum absolute atomic E-state index is 0. The standard InChI is InChI=1S/C16H25N3O.2ClH/c1-19(2)15(12-6-4-3-5-7-12)11-18-16(20)13-8-9-14(17)10-13;;/h3-7,13-15H,8-11,17H2,1-2H3,(H,18,20);2*1H. The highest BCUT2D eigenvalue weighted by Crippen LogP contribution is 2.24. The number of hydrogen-bond donors (Lipinski definition) is 2. The molecule has 3 unspecified atom stereocenters. The molecule has 6 heteroatoms. The monoisotopic (exact) mass is 347 g/mol. The van der Waals surface area contributed by atoms with Crippen LogP contribution in [0.3, 0.4) is 0 Å². The molecule has 1 saturated carbocycles. The molecule has 1 aliphatic rings. The van der Waals surface area contributed by atoms with E-state index in [4.69, 9.17) is 5.73 Å². The minimum Gasteiger partial charge on any atom is -0.354 e. The smallest absolute Gasteiger partial charge is 0.223 e. The number of amides is 1. The normalized spacial score (nSPS) is 21.6. The first-order valence-electron chi connectivity index (χ1n) is 7.32. The van der Waals surface area contributed by atoms with Gasteiger partial charge in [-0.3, -0.25) is 4.79 Å². The van der Waals surface area contributed by atoms with Gasteiger partial charge in [-0.15, -0.1) is 24.8 Å². The molecular formula is C16H27Cl2N3O. The van der Waals surface area contributed by atoms with Crippen molar-refractivity contribution in [1.29, 1.82) is 0 Å². The van der Waals surface area contributed by atoms with E-state index in [1.165, 1.54) is 5.56 Å². The first kappa shape index (κ1) is 21.2. The van der Waals surface area contributed by atoms with Crippen molar-refractivity contribution in [3.05, 3.63) is 35.9 Å². The van der Waals surface area contributed by atoms with Crippen molar-refractivity contribution >= 4 is 30.7 Å². The fourth-order valence-corrected chi connectivity index (χ4v) is 2.87. The molecule has 0 radical (unpaired) electrons. The van der Waals surface area contributed by atoms with E-state index in [1.807, 2.05) is 32.3 Å². The highest BCUT2D eigenvalue weighted by atomic mass is 35.5. The lowest BCUT2D eigenvalue weighted by atomic mass is 10.0. The van der Waals surface area contributed by atoms with Gasteiger partial charge in [0, 0.05) is 18.5 Å². The largest absolute Gasteiger partial charge is 0.354 e. The van der Waals surface area contributed by atoms with Gasteiger partial charge in [0.1, 0.15) is 0 Å². The van der Waals surface area contributed by atoms with Crippen LogP contribution in [-0.2, 0) is 4.79 Å². The van der Waals surface area contributed by atoms with Gasteiger partial charge in [-0.25, -0.2) is 0 Å². The second-order valence-electron chi connectivity index (χ2n) is 5.91. The Hall–Kier alpha value is -0.810. The highest BCUT2D eigenvalue weighted by Gasteiger charge is 2.28. The van der Waals surface area contributed by atoms with Gasteiger partial charge in [-0.05, 0) is 38.9 Å². The number of rotatable bonds is 5. The summed E-state index contributed by atoms with van der Waals surface area (Å²) < 4.78 is 0. The van der Waals surface area contributed by atoms with E-state index in [9.17, 15) is 4.79 Å². The second-order valence-corrected chi connectivity index (χ2v) is 5.91. The molecular weight excluding hydrogens is 321 g/mol. The zero-order valence-electron chi connectivity index (χ0n) is 13.2. The molecule has 0 bridgehead atoms. The summed E-state index contributed by atoms with van der Waals surface area (Å²) in [5.74, 6) is 0.254. The maximum absolute atomic E-state index is 12.2. The van der Waals surface area contributed by atoms with Crippen molar-refractivity contribution in [3.8, 4) is 0 Å². The van der Waals surface area contributed by atoms with Crippen molar-refractivity contribution in [3.63, 3.8) is 0 Å². The Morgan fingerprint density at radius 2 is 1.91 bits per heavy atom. The number of halogens is 2. The number of carbonyl (C=O) groups is 1. The van der Waals surface area contributed by atoms with Gasteiger partial charge in [0.15, 0.2) is 0 Å². The molecule has 2 rings (SSSR count). The van der Waals surface area contributed by atoms with E-state index >= 15 is 0 Å². The third kappa shape index (κ3) is 5.76. The molecule has 0 aliphatic heterocycles. The predicted molar refractivity (Wildman–Crippen MR) is 95.7 cm³/mol. The Labute approximate surface area is 145 Å². The number of benzene rings is 1. The maximum atomic E-state index is 12.2. The third-order valence-electron chi connectivity index (χ3n) is 4.12. The van der Waals surface area contributed by atoms with Crippen LogP contribution in [0.1, 0.15) is 30.9 Å². The van der Waals surface area contributed by atoms with Gasteiger partial charge in [-0.2, -0.15) is 0 Å². The summed E-state index contributed by atoms with van der Waals surface area (Å²) in [7, 11) is 4.07. The summed E-state index contributed by atoms with van der Waals surface area (Å²) >= 11 is 0. The summed E-state index contributed by atoms with van der Waals surface area (Å²) in [4.78, 5) is 14.3. The van der Waals surface area contributed by atoms with Crippen molar-refractivity contribution < 1.29 is 4.79 Å². The van der Waals surface area contributed by atoms with E-state index in [0.29, 0.717) is 6.54 Å². The van der Waals surface area contributed by atoms with Crippen molar-refractivity contribution in [2.75, 3.05) is 20.6 Å². The van der Waals surface area contributed by atoms with E-state index in [-0.39, 0.29) is 48.7 Å². The van der Waals surface area contributed by atoms with Crippen LogP contribution in [-0.4, -0.2) is 37.5 Å². The molecule has 126 valence electrons. The SMILES string of the molecule is CN(C)C(CNC(=O)C1CCC(N)C1)c1ccccc1.Cl.Cl. The summed E-state index contributed by atoms with van der Waals surface area (Å²) in [6, 6.07) is 10.7. The van der Waals surface area contributed by atoms with E-state index in [1.54, 1.807) is 0 Å². The number of nitrogens with one attached hydrogen (secondary N) is 1. The molecule has 3 atom stereocenters. The molecule has 0 spiro atoms. The minimum atomic E-state index is 0. The molecule has 4 nitrogen and oxygen atoms in total. The molecule has 1 amide bonds. The summed E-state index contributed by atoms with van der Waals surface area (Å²) in [5.41, 5.74) is 7.09. The molecule has 1 aliphatic carbocycles.